The van der Waals surface area contributed by atoms with Gasteiger partial charge >= 0.3 is 0 Å². The van der Waals surface area contributed by atoms with Crippen molar-refractivity contribution in [1.82, 2.24) is 5.32 Å². The molecule has 0 saturated heterocycles. The Labute approximate surface area is 418 Å². The van der Waals surface area contributed by atoms with Crippen molar-refractivity contribution in [2.75, 3.05) is 40.9 Å². The summed E-state index contributed by atoms with van der Waals surface area (Å²) in [6, 6.07) is -0.802. The number of quaternary nitrogens is 1. The maximum atomic E-state index is 12.9. The fourth-order valence-corrected chi connectivity index (χ4v) is 9.82. The number of phosphoric ester groups is 1. The molecule has 0 rings (SSSR count). The Hall–Kier alpha value is -0.760. The van der Waals surface area contributed by atoms with E-state index in [0.29, 0.717) is 23.9 Å². The average Bonchev–Trinajstić information content (AvgIpc) is 3.29. The topological polar surface area (TPSA) is 108 Å². The molecule has 0 aliphatic heterocycles. The van der Waals surface area contributed by atoms with Gasteiger partial charge in [-0.1, -0.05) is 270 Å². The van der Waals surface area contributed by atoms with Gasteiger partial charge in [-0.2, -0.15) is 0 Å². The van der Waals surface area contributed by atoms with Crippen LogP contribution in [0.3, 0.4) is 0 Å². The van der Waals surface area contributed by atoms with Crippen molar-refractivity contribution in [3.63, 3.8) is 0 Å². The van der Waals surface area contributed by atoms with Crippen LogP contribution in [0.25, 0.3) is 0 Å². The van der Waals surface area contributed by atoms with Crippen LogP contribution in [0.5, 0.6) is 0 Å². The van der Waals surface area contributed by atoms with Gasteiger partial charge in [0.15, 0.2) is 0 Å². The maximum absolute atomic E-state index is 12.9. The summed E-state index contributed by atoms with van der Waals surface area (Å²) in [6.45, 7) is 4.73. The Kier molecular flexibility index (Phi) is 49.6. The summed E-state index contributed by atoms with van der Waals surface area (Å²) in [5.41, 5.74) is 0. The lowest BCUT2D eigenvalue weighted by molar-refractivity contribution is -0.870. The normalized spacial score (nSPS) is 14.0. The van der Waals surface area contributed by atoms with Crippen LogP contribution in [0.15, 0.2) is 12.2 Å². The van der Waals surface area contributed by atoms with Crippen molar-refractivity contribution in [3.05, 3.63) is 12.2 Å². The number of carbonyl (C=O) groups excluding carboxylic acids is 1. The summed E-state index contributed by atoms with van der Waals surface area (Å²) in [6.07, 6.45) is 61.2. The quantitative estimate of drug-likeness (QED) is 0.0272. The summed E-state index contributed by atoms with van der Waals surface area (Å²) in [5, 5.41) is 14.0. The van der Waals surface area contributed by atoms with E-state index < -0.39 is 20.0 Å². The van der Waals surface area contributed by atoms with Crippen LogP contribution in [0.4, 0.5) is 0 Å². The Morgan fingerprint density at radius 2 is 0.821 bits per heavy atom. The highest BCUT2D eigenvalue weighted by molar-refractivity contribution is 7.45. The Morgan fingerprint density at radius 1 is 0.507 bits per heavy atom. The first-order valence-electron chi connectivity index (χ1n) is 29.5. The van der Waals surface area contributed by atoms with Crippen molar-refractivity contribution < 1.29 is 32.9 Å². The first-order valence-corrected chi connectivity index (χ1v) is 31.0. The maximum Gasteiger partial charge on any atom is 0.268 e. The Morgan fingerprint density at radius 3 is 1.18 bits per heavy atom. The standard InChI is InChI=1S/C58H117N2O6P/c1-6-8-10-12-14-16-18-20-21-22-23-24-25-26-27-28-29-30-31-32-33-34-35-36-37-38-40-41-43-45-47-49-51-57(61)56(55-66-67(63,64)65-54-53-60(3,4)5)59-58(62)52-50-48-46-44-42-39-19-17-15-13-11-9-7-2/h17,19,56-57,61H,6-16,18,20-55H2,1-5H3,(H-,59,62,63,64)/b19-17-. The van der Waals surface area contributed by atoms with Crippen molar-refractivity contribution in [2.45, 2.75) is 315 Å². The summed E-state index contributed by atoms with van der Waals surface area (Å²) in [5.74, 6) is -0.170. The summed E-state index contributed by atoms with van der Waals surface area (Å²) < 4.78 is 23.4. The van der Waals surface area contributed by atoms with Crippen LogP contribution in [0.1, 0.15) is 303 Å². The highest BCUT2D eigenvalue weighted by Crippen LogP contribution is 2.38. The number of unbranched alkanes of at least 4 members (excludes halogenated alkanes) is 40. The monoisotopic (exact) mass is 969 g/mol. The summed E-state index contributed by atoms with van der Waals surface area (Å²) in [7, 11) is 1.31. The predicted octanol–water partition coefficient (Wildman–Crippen LogP) is 17.2. The van der Waals surface area contributed by atoms with Crippen molar-refractivity contribution >= 4 is 13.7 Å². The highest BCUT2D eigenvalue weighted by Gasteiger charge is 2.24. The molecule has 1 amide bonds. The van der Waals surface area contributed by atoms with Gasteiger partial charge in [0.05, 0.1) is 39.9 Å². The molecular formula is C58H117N2O6P. The van der Waals surface area contributed by atoms with Crippen LogP contribution >= 0.6 is 7.82 Å². The molecule has 3 unspecified atom stereocenters. The molecule has 0 bridgehead atoms. The van der Waals surface area contributed by atoms with Gasteiger partial charge in [-0.05, 0) is 38.5 Å². The van der Waals surface area contributed by atoms with E-state index in [4.69, 9.17) is 9.05 Å². The largest absolute Gasteiger partial charge is 0.756 e. The Bertz CT molecular complexity index is 1100. The first-order chi connectivity index (χ1) is 32.5. The van der Waals surface area contributed by atoms with Gasteiger partial charge in [-0.25, -0.2) is 0 Å². The number of rotatable bonds is 55. The van der Waals surface area contributed by atoms with Gasteiger partial charge in [0.1, 0.15) is 13.2 Å². The summed E-state index contributed by atoms with van der Waals surface area (Å²) >= 11 is 0. The van der Waals surface area contributed by atoms with E-state index >= 15 is 0 Å². The van der Waals surface area contributed by atoms with Crippen molar-refractivity contribution in [1.29, 1.82) is 0 Å². The third kappa shape index (κ3) is 52.9. The lowest BCUT2D eigenvalue weighted by Crippen LogP contribution is -2.46. The SMILES string of the molecule is CCCCCC/C=C\CCCCCCCC(=O)NC(COP(=O)([O-])OCC[N+](C)(C)C)C(O)CCCCCCCCCCCCCCCCCCCCCCCCCCCCCCCCCC. The van der Waals surface area contributed by atoms with E-state index in [0.717, 1.165) is 51.4 Å². The zero-order valence-electron chi connectivity index (χ0n) is 45.6. The minimum absolute atomic E-state index is 0.0128. The number of nitrogens with one attached hydrogen (secondary N) is 1. The smallest absolute Gasteiger partial charge is 0.268 e. The van der Waals surface area contributed by atoms with Gasteiger partial charge < -0.3 is 28.8 Å². The van der Waals surface area contributed by atoms with Gasteiger partial charge in [0, 0.05) is 6.42 Å². The molecule has 0 fully saturated rings. The molecule has 400 valence electrons. The molecule has 67 heavy (non-hydrogen) atoms. The van der Waals surface area contributed by atoms with Crippen LogP contribution in [-0.4, -0.2) is 68.5 Å². The lowest BCUT2D eigenvalue weighted by Gasteiger charge is -2.30. The second-order valence-electron chi connectivity index (χ2n) is 21.7. The Balaban J connectivity index is 3.97. The van der Waals surface area contributed by atoms with E-state index in [-0.39, 0.29) is 19.1 Å². The van der Waals surface area contributed by atoms with Gasteiger partial charge in [0.25, 0.3) is 7.82 Å². The number of hydrogen-bond donors (Lipinski definition) is 2. The molecule has 0 aromatic rings. The van der Waals surface area contributed by atoms with Crippen LogP contribution in [-0.2, 0) is 18.4 Å². The predicted molar refractivity (Wildman–Crippen MR) is 289 cm³/mol. The fraction of sp³-hybridized carbons (Fsp3) is 0.948. The minimum atomic E-state index is -4.57. The number of hydrogen-bond acceptors (Lipinski definition) is 6. The average molecular weight is 970 g/mol. The zero-order valence-corrected chi connectivity index (χ0v) is 46.5. The molecular weight excluding hydrogens is 852 g/mol. The van der Waals surface area contributed by atoms with E-state index in [2.05, 4.69) is 31.3 Å². The van der Waals surface area contributed by atoms with Gasteiger partial charge in [-0.15, -0.1) is 0 Å². The number of allylic oxidation sites excluding steroid dienone is 2. The molecule has 0 aromatic carbocycles. The van der Waals surface area contributed by atoms with Crippen molar-refractivity contribution in [3.8, 4) is 0 Å². The number of amides is 1. The van der Waals surface area contributed by atoms with E-state index in [1.807, 2.05) is 21.1 Å². The van der Waals surface area contributed by atoms with Gasteiger partial charge in [0.2, 0.25) is 5.91 Å². The molecule has 2 N–H and O–H groups in total. The molecule has 0 saturated carbocycles. The molecule has 0 heterocycles. The van der Waals surface area contributed by atoms with Crippen molar-refractivity contribution in [2.24, 2.45) is 0 Å². The van der Waals surface area contributed by atoms with E-state index in [9.17, 15) is 19.4 Å². The first kappa shape index (κ1) is 66.2. The lowest BCUT2D eigenvalue weighted by atomic mass is 10.0. The third-order valence-electron chi connectivity index (χ3n) is 13.8. The zero-order chi connectivity index (χ0) is 49.2. The molecule has 3 atom stereocenters. The number of likely N-dealkylation sites (N-methyl/N-ethyl adjacent to an activating group) is 1. The number of nitrogens with zero attached hydrogens (tertiary/aromatic N) is 1. The molecule has 0 radical (unpaired) electrons. The molecule has 8 nitrogen and oxygen atoms in total. The number of aliphatic hydroxyl groups excluding tert-OH is 1. The number of aliphatic hydroxyl groups is 1. The van der Waals surface area contributed by atoms with Gasteiger partial charge in [-0.3, -0.25) is 9.36 Å². The molecule has 0 aliphatic rings. The second kappa shape index (κ2) is 50.2. The van der Waals surface area contributed by atoms with Crippen LogP contribution in [0, 0.1) is 0 Å². The molecule has 9 heteroatoms. The van der Waals surface area contributed by atoms with E-state index in [1.165, 1.54) is 225 Å². The second-order valence-corrected chi connectivity index (χ2v) is 23.1. The third-order valence-corrected chi connectivity index (χ3v) is 14.7. The molecule has 0 aromatic heterocycles. The molecule has 0 spiro atoms. The van der Waals surface area contributed by atoms with Crippen LogP contribution in [0.2, 0.25) is 0 Å². The minimum Gasteiger partial charge on any atom is -0.756 e. The van der Waals surface area contributed by atoms with Crippen LogP contribution < -0.4 is 10.2 Å². The highest BCUT2D eigenvalue weighted by atomic mass is 31.2. The number of carbonyl (C=O) groups is 1. The van der Waals surface area contributed by atoms with E-state index in [1.54, 1.807) is 0 Å². The number of phosphoric acid groups is 1. The fourth-order valence-electron chi connectivity index (χ4n) is 9.10. The summed E-state index contributed by atoms with van der Waals surface area (Å²) in [4.78, 5) is 25.4. The molecule has 0 aliphatic carbocycles.